The van der Waals surface area contributed by atoms with E-state index in [2.05, 4.69) is 26.8 Å². The SMILES string of the molecule is C=CCC(NC(=O)c1nonc1N)C(=O)O. The fourth-order valence-electron chi connectivity index (χ4n) is 0.968. The maximum Gasteiger partial charge on any atom is 0.326 e. The molecular formula is C8H10N4O4. The summed E-state index contributed by atoms with van der Waals surface area (Å²) in [5.74, 6) is -2.13. The number of nitrogens with one attached hydrogen (secondary N) is 1. The summed E-state index contributed by atoms with van der Waals surface area (Å²) >= 11 is 0. The lowest BCUT2D eigenvalue weighted by atomic mass is 10.2. The normalized spacial score (nSPS) is 11.8. The number of carboxylic acid groups (broad SMARTS) is 1. The summed E-state index contributed by atoms with van der Waals surface area (Å²) in [4.78, 5) is 22.2. The zero-order valence-corrected chi connectivity index (χ0v) is 8.21. The molecule has 4 N–H and O–H groups in total. The van der Waals surface area contributed by atoms with Crippen LogP contribution in [-0.2, 0) is 4.79 Å². The minimum Gasteiger partial charge on any atom is -0.480 e. The minimum atomic E-state index is -1.18. The van der Waals surface area contributed by atoms with E-state index >= 15 is 0 Å². The van der Waals surface area contributed by atoms with Crippen molar-refractivity contribution in [2.24, 2.45) is 0 Å². The van der Waals surface area contributed by atoms with E-state index in [1.807, 2.05) is 0 Å². The van der Waals surface area contributed by atoms with Crippen molar-refractivity contribution in [1.29, 1.82) is 0 Å². The lowest BCUT2D eigenvalue weighted by Gasteiger charge is -2.10. The highest BCUT2D eigenvalue weighted by molar-refractivity contribution is 5.98. The topological polar surface area (TPSA) is 131 Å². The number of nitrogens with zero attached hydrogens (tertiary/aromatic N) is 2. The molecule has 8 heteroatoms. The molecule has 1 amide bonds. The van der Waals surface area contributed by atoms with E-state index < -0.39 is 17.9 Å². The van der Waals surface area contributed by atoms with Gasteiger partial charge in [0.25, 0.3) is 5.91 Å². The van der Waals surface area contributed by atoms with Gasteiger partial charge in [0.05, 0.1) is 0 Å². The third-order valence-corrected chi connectivity index (χ3v) is 1.73. The van der Waals surface area contributed by atoms with E-state index in [9.17, 15) is 9.59 Å². The molecular weight excluding hydrogens is 216 g/mol. The number of anilines is 1. The van der Waals surface area contributed by atoms with Crippen molar-refractivity contribution in [3.63, 3.8) is 0 Å². The van der Waals surface area contributed by atoms with Gasteiger partial charge in [-0.1, -0.05) is 6.08 Å². The van der Waals surface area contributed by atoms with Crippen molar-refractivity contribution in [1.82, 2.24) is 15.6 Å². The summed E-state index contributed by atoms with van der Waals surface area (Å²) in [5.41, 5.74) is 5.03. The number of carboxylic acids is 1. The molecule has 0 aromatic carbocycles. The van der Waals surface area contributed by atoms with Gasteiger partial charge >= 0.3 is 5.97 Å². The highest BCUT2D eigenvalue weighted by Gasteiger charge is 2.23. The number of carbonyl (C=O) groups excluding carboxylic acids is 1. The van der Waals surface area contributed by atoms with Crippen molar-refractivity contribution in [3.8, 4) is 0 Å². The quantitative estimate of drug-likeness (QED) is 0.571. The van der Waals surface area contributed by atoms with Crippen LogP contribution < -0.4 is 11.1 Å². The molecule has 1 unspecified atom stereocenters. The Morgan fingerprint density at radius 1 is 1.62 bits per heavy atom. The number of nitrogen functional groups attached to an aromatic ring is 1. The van der Waals surface area contributed by atoms with Gasteiger partial charge in [-0.15, -0.1) is 6.58 Å². The first-order valence-corrected chi connectivity index (χ1v) is 4.28. The maximum absolute atomic E-state index is 11.5. The molecule has 1 aromatic rings. The molecule has 1 heterocycles. The summed E-state index contributed by atoms with van der Waals surface area (Å²) in [7, 11) is 0. The zero-order valence-electron chi connectivity index (χ0n) is 8.21. The lowest BCUT2D eigenvalue weighted by molar-refractivity contribution is -0.139. The average molecular weight is 226 g/mol. The first-order valence-electron chi connectivity index (χ1n) is 4.28. The Bertz CT molecular complexity index is 414. The number of aromatic nitrogens is 2. The summed E-state index contributed by atoms with van der Waals surface area (Å²) < 4.78 is 4.22. The molecule has 0 radical (unpaired) electrons. The highest BCUT2D eigenvalue weighted by Crippen LogP contribution is 2.04. The van der Waals surface area contributed by atoms with Crippen molar-refractivity contribution < 1.29 is 19.3 Å². The second-order valence-electron chi connectivity index (χ2n) is 2.89. The van der Waals surface area contributed by atoms with E-state index in [1.54, 1.807) is 0 Å². The van der Waals surface area contributed by atoms with Gasteiger partial charge in [0.1, 0.15) is 6.04 Å². The van der Waals surface area contributed by atoms with Gasteiger partial charge < -0.3 is 16.2 Å². The van der Waals surface area contributed by atoms with Crippen LogP contribution in [0.2, 0.25) is 0 Å². The maximum atomic E-state index is 11.5. The van der Waals surface area contributed by atoms with Gasteiger partial charge in [0.15, 0.2) is 0 Å². The van der Waals surface area contributed by atoms with Crippen LogP contribution in [0.15, 0.2) is 17.3 Å². The molecule has 0 saturated heterocycles. The van der Waals surface area contributed by atoms with Gasteiger partial charge in [-0.05, 0) is 16.7 Å². The molecule has 0 fully saturated rings. The number of aliphatic carboxylic acids is 1. The van der Waals surface area contributed by atoms with Crippen LogP contribution in [0, 0.1) is 0 Å². The van der Waals surface area contributed by atoms with E-state index in [0.29, 0.717) is 0 Å². The standard InChI is InChI=1S/C8H10N4O4/c1-2-3-4(8(14)15)10-7(13)5-6(9)12-16-11-5/h2,4H,1,3H2,(H2,9,12)(H,10,13)(H,14,15). The summed E-state index contributed by atoms with van der Waals surface area (Å²) in [5, 5.41) is 17.4. The van der Waals surface area contributed by atoms with Crippen LogP contribution >= 0.6 is 0 Å². The molecule has 0 spiro atoms. The number of hydrogen-bond donors (Lipinski definition) is 3. The Kier molecular flexibility index (Phi) is 3.59. The van der Waals surface area contributed by atoms with Crippen molar-refractivity contribution in [3.05, 3.63) is 18.3 Å². The van der Waals surface area contributed by atoms with Crippen molar-refractivity contribution >= 4 is 17.7 Å². The Hall–Kier alpha value is -2.38. The molecule has 8 nitrogen and oxygen atoms in total. The zero-order chi connectivity index (χ0) is 12.1. The first kappa shape index (κ1) is 11.7. The Morgan fingerprint density at radius 3 is 2.75 bits per heavy atom. The highest BCUT2D eigenvalue weighted by atomic mass is 16.6. The number of nitrogens with two attached hydrogens (primary N) is 1. The fourth-order valence-corrected chi connectivity index (χ4v) is 0.968. The molecule has 1 rings (SSSR count). The monoisotopic (exact) mass is 226 g/mol. The van der Waals surface area contributed by atoms with Gasteiger partial charge in [0, 0.05) is 0 Å². The lowest BCUT2D eigenvalue weighted by Crippen LogP contribution is -2.40. The van der Waals surface area contributed by atoms with E-state index in [-0.39, 0.29) is 17.9 Å². The van der Waals surface area contributed by atoms with Gasteiger partial charge in [0.2, 0.25) is 11.5 Å². The Balaban J connectivity index is 2.72. The molecule has 0 aliphatic carbocycles. The van der Waals surface area contributed by atoms with Crippen molar-refractivity contribution in [2.45, 2.75) is 12.5 Å². The minimum absolute atomic E-state index is 0.0895. The smallest absolute Gasteiger partial charge is 0.326 e. The van der Waals surface area contributed by atoms with Crippen LogP contribution in [0.25, 0.3) is 0 Å². The molecule has 0 saturated carbocycles. The van der Waals surface area contributed by atoms with E-state index in [4.69, 9.17) is 10.8 Å². The molecule has 1 atom stereocenters. The molecule has 86 valence electrons. The average Bonchev–Trinajstić information content (AvgIpc) is 2.63. The van der Waals surface area contributed by atoms with E-state index in [0.717, 1.165) is 0 Å². The summed E-state index contributed by atoms with van der Waals surface area (Å²) in [6.45, 7) is 3.38. The Labute approximate surface area is 90.1 Å². The molecule has 0 bridgehead atoms. The predicted octanol–water partition coefficient (Wildman–Crippen LogP) is -0.589. The molecule has 0 aliphatic rings. The first-order chi connectivity index (χ1) is 7.56. The van der Waals surface area contributed by atoms with Gasteiger partial charge in [-0.2, -0.15) is 0 Å². The molecule has 1 aromatic heterocycles. The van der Waals surface area contributed by atoms with Crippen LogP contribution in [0.5, 0.6) is 0 Å². The predicted molar refractivity (Wildman–Crippen MR) is 52.4 cm³/mol. The number of rotatable bonds is 5. The van der Waals surface area contributed by atoms with Crippen LogP contribution in [0.1, 0.15) is 16.9 Å². The second kappa shape index (κ2) is 4.91. The van der Waals surface area contributed by atoms with Crippen LogP contribution in [-0.4, -0.2) is 33.3 Å². The third-order valence-electron chi connectivity index (χ3n) is 1.73. The summed E-state index contributed by atoms with van der Waals surface area (Å²) in [6.07, 6.45) is 1.47. The number of hydrogen-bond acceptors (Lipinski definition) is 6. The van der Waals surface area contributed by atoms with Crippen LogP contribution in [0.3, 0.4) is 0 Å². The summed E-state index contributed by atoms with van der Waals surface area (Å²) in [6, 6.07) is -1.08. The fraction of sp³-hybridized carbons (Fsp3) is 0.250. The largest absolute Gasteiger partial charge is 0.480 e. The second-order valence-corrected chi connectivity index (χ2v) is 2.89. The number of amides is 1. The van der Waals surface area contributed by atoms with E-state index in [1.165, 1.54) is 6.08 Å². The number of carbonyl (C=O) groups is 2. The van der Waals surface area contributed by atoms with Gasteiger partial charge in [-0.3, -0.25) is 4.79 Å². The van der Waals surface area contributed by atoms with Crippen molar-refractivity contribution in [2.75, 3.05) is 5.73 Å². The van der Waals surface area contributed by atoms with Crippen LogP contribution in [0.4, 0.5) is 5.82 Å². The third kappa shape index (κ3) is 2.56. The molecule has 0 aliphatic heterocycles. The van der Waals surface area contributed by atoms with Gasteiger partial charge in [-0.25, -0.2) is 9.42 Å². The molecule has 16 heavy (non-hydrogen) atoms. The Morgan fingerprint density at radius 2 is 2.31 bits per heavy atom.